The summed E-state index contributed by atoms with van der Waals surface area (Å²) in [5, 5.41) is 3.38. The molecule has 0 fully saturated rings. The Bertz CT molecular complexity index is 557. The lowest BCUT2D eigenvalue weighted by Crippen LogP contribution is -2.07. The molecule has 1 nitrogen and oxygen atoms in total. The van der Waals surface area contributed by atoms with Crippen molar-refractivity contribution in [2.75, 3.05) is 5.32 Å². The predicted octanol–water partition coefficient (Wildman–Crippen LogP) is 5.52. The molecule has 94 valence electrons. The fourth-order valence-electron chi connectivity index (χ4n) is 1.76. The van der Waals surface area contributed by atoms with Crippen LogP contribution in [0.15, 0.2) is 51.4 Å². The highest BCUT2D eigenvalue weighted by Gasteiger charge is 2.10. The minimum absolute atomic E-state index is 0.0919. The van der Waals surface area contributed by atoms with Gasteiger partial charge in [0.25, 0.3) is 0 Å². The first-order valence-corrected chi connectivity index (χ1v) is 7.12. The maximum atomic E-state index is 13.0. The Hall–Kier alpha value is -0.870. The number of nitrogens with one attached hydrogen (secondary N) is 1. The molecule has 0 radical (unpaired) electrons. The number of hydrogen-bond donors (Lipinski definition) is 1. The van der Waals surface area contributed by atoms with Crippen molar-refractivity contribution in [3.05, 3.63) is 62.8 Å². The van der Waals surface area contributed by atoms with Crippen molar-refractivity contribution >= 4 is 37.5 Å². The van der Waals surface area contributed by atoms with E-state index in [2.05, 4.69) is 37.2 Å². The second kappa shape index (κ2) is 5.85. The van der Waals surface area contributed by atoms with Crippen LogP contribution >= 0.6 is 31.9 Å². The summed E-state index contributed by atoms with van der Waals surface area (Å²) in [6, 6.07) is 12.8. The van der Waals surface area contributed by atoms with Crippen LogP contribution in [0.1, 0.15) is 18.5 Å². The summed E-state index contributed by atoms with van der Waals surface area (Å²) >= 11 is 6.82. The molecule has 0 aromatic heterocycles. The first kappa shape index (κ1) is 13.6. The molecule has 1 unspecified atom stereocenters. The van der Waals surface area contributed by atoms with Gasteiger partial charge in [-0.3, -0.25) is 0 Å². The Balaban J connectivity index is 2.19. The number of hydrogen-bond acceptors (Lipinski definition) is 1. The largest absolute Gasteiger partial charge is 0.378 e. The highest BCUT2D eigenvalue weighted by atomic mass is 79.9. The lowest BCUT2D eigenvalue weighted by molar-refractivity contribution is 0.625. The molecule has 2 rings (SSSR count). The number of anilines is 1. The van der Waals surface area contributed by atoms with Crippen molar-refractivity contribution in [3.8, 4) is 0 Å². The van der Waals surface area contributed by atoms with Crippen LogP contribution in [0.25, 0.3) is 0 Å². The van der Waals surface area contributed by atoms with Crippen LogP contribution in [-0.2, 0) is 0 Å². The molecule has 0 spiro atoms. The number of rotatable bonds is 3. The second-order valence-electron chi connectivity index (χ2n) is 4.04. The van der Waals surface area contributed by atoms with Crippen molar-refractivity contribution in [2.45, 2.75) is 13.0 Å². The van der Waals surface area contributed by atoms with E-state index >= 15 is 0 Å². The lowest BCUT2D eigenvalue weighted by Gasteiger charge is -2.17. The van der Waals surface area contributed by atoms with E-state index in [9.17, 15) is 4.39 Å². The molecule has 4 heteroatoms. The van der Waals surface area contributed by atoms with Crippen LogP contribution in [0.5, 0.6) is 0 Å². The molecule has 0 heterocycles. The van der Waals surface area contributed by atoms with E-state index in [0.717, 1.165) is 20.2 Å². The summed E-state index contributed by atoms with van der Waals surface area (Å²) in [6.45, 7) is 2.04. The third kappa shape index (κ3) is 3.33. The zero-order valence-corrected chi connectivity index (χ0v) is 12.9. The third-order valence-corrected chi connectivity index (χ3v) is 3.82. The van der Waals surface area contributed by atoms with E-state index < -0.39 is 0 Å². The van der Waals surface area contributed by atoms with Gasteiger partial charge >= 0.3 is 0 Å². The summed E-state index contributed by atoms with van der Waals surface area (Å²) < 4.78 is 14.8. The second-order valence-corrected chi connectivity index (χ2v) is 5.81. The molecule has 0 bridgehead atoms. The molecule has 1 atom stereocenters. The lowest BCUT2D eigenvalue weighted by atomic mass is 10.1. The minimum Gasteiger partial charge on any atom is -0.378 e. The molecule has 0 aliphatic heterocycles. The zero-order chi connectivity index (χ0) is 13.1. The molecule has 0 amide bonds. The summed E-state index contributed by atoms with van der Waals surface area (Å²) in [5.41, 5.74) is 2.05. The zero-order valence-electron chi connectivity index (χ0n) is 9.75. The van der Waals surface area contributed by atoms with Crippen LogP contribution in [0.4, 0.5) is 10.1 Å². The number of halogens is 3. The fourth-order valence-corrected chi connectivity index (χ4v) is 2.85. The van der Waals surface area contributed by atoms with Gasteiger partial charge in [-0.2, -0.15) is 0 Å². The van der Waals surface area contributed by atoms with E-state index in [-0.39, 0.29) is 11.9 Å². The molecule has 0 saturated heterocycles. The van der Waals surface area contributed by atoms with Gasteiger partial charge in [-0.05, 0) is 42.8 Å². The molecule has 0 aliphatic rings. The van der Waals surface area contributed by atoms with Crippen LogP contribution < -0.4 is 5.32 Å². The summed E-state index contributed by atoms with van der Waals surface area (Å²) in [6.07, 6.45) is 0. The maximum Gasteiger partial charge on any atom is 0.124 e. The molecule has 0 saturated carbocycles. The van der Waals surface area contributed by atoms with Gasteiger partial charge in [0.15, 0.2) is 0 Å². The topological polar surface area (TPSA) is 12.0 Å². The SMILES string of the molecule is CC(Nc1cccc(Br)c1)c1ccc(F)cc1Br. The van der Waals surface area contributed by atoms with Crippen molar-refractivity contribution in [3.63, 3.8) is 0 Å². The van der Waals surface area contributed by atoms with Gasteiger partial charge < -0.3 is 5.32 Å². The van der Waals surface area contributed by atoms with Gasteiger partial charge in [-0.15, -0.1) is 0 Å². The quantitative estimate of drug-likeness (QED) is 0.747. The van der Waals surface area contributed by atoms with E-state index in [1.807, 2.05) is 31.2 Å². The normalized spacial score (nSPS) is 12.2. The van der Waals surface area contributed by atoms with Crippen molar-refractivity contribution in [2.24, 2.45) is 0 Å². The average Bonchev–Trinajstić information content (AvgIpc) is 2.28. The Kier molecular flexibility index (Phi) is 4.40. The number of benzene rings is 2. The predicted molar refractivity (Wildman–Crippen MR) is 80.3 cm³/mol. The maximum absolute atomic E-state index is 13.0. The molecule has 2 aromatic rings. The molecular weight excluding hydrogens is 361 g/mol. The average molecular weight is 373 g/mol. The van der Waals surface area contributed by atoms with E-state index in [4.69, 9.17) is 0 Å². The van der Waals surface area contributed by atoms with Gasteiger partial charge in [0, 0.05) is 20.7 Å². The minimum atomic E-state index is -0.236. The first-order chi connectivity index (χ1) is 8.56. The molecular formula is C14H12Br2FN. The van der Waals surface area contributed by atoms with Gasteiger partial charge in [-0.25, -0.2) is 4.39 Å². The molecule has 2 aromatic carbocycles. The monoisotopic (exact) mass is 371 g/mol. The third-order valence-electron chi connectivity index (χ3n) is 2.64. The van der Waals surface area contributed by atoms with Gasteiger partial charge in [0.1, 0.15) is 5.82 Å². The highest BCUT2D eigenvalue weighted by molar-refractivity contribution is 9.10. The summed E-state index contributed by atoms with van der Waals surface area (Å²) in [4.78, 5) is 0. The Labute approximate surface area is 123 Å². The summed E-state index contributed by atoms with van der Waals surface area (Å²) in [7, 11) is 0. The van der Waals surface area contributed by atoms with E-state index in [1.165, 1.54) is 12.1 Å². The van der Waals surface area contributed by atoms with Crippen molar-refractivity contribution in [1.29, 1.82) is 0 Å². The Morgan fingerprint density at radius 3 is 2.56 bits per heavy atom. The summed E-state index contributed by atoms with van der Waals surface area (Å²) in [5.74, 6) is -0.236. The molecule has 18 heavy (non-hydrogen) atoms. The van der Waals surface area contributed by atoms with Gasteiger partial charge in [0.05, 0.1) is 0 Å². The molecule has 0 aliphatic carbocycles. The van der Waals surface area contributed by atoms with Crippen LogP contribution in [0.3, 0.4) is 0 Å². The Morgan fingerprint density at radius 2 is 1.89 bits per heavy atom. The fraction of sp³-hybridized carbons (Fsp3) is 0.143. The molecule has 1 N–H and O–H groups in total. The van der Waals surface area contributed by atoms with Crippen LogP contribution in [-0.4, -0.2) is 0 Å². The van der Waals surface area contributed by atoms with E-state index in [0.29, 0.717) is 0 Å². The van der Waals surface area contributed by atoms with E-state index in [1.54, 1.807) is 6.07 Å². The van der Waals surface area contributed by atoms with Gasteiger partial charge in [0.2, 0.25) is 0 Å². The van der Waals surface area contributed by atoms with Crippen molar-refractivity contribution < 1.29 is 4.39 Å². The standard InChI is InChI=1S/C14H12Br2FN/c1-9(13-6-5-11(17)8-14(13)16)18-12-4-2-3-10(15)7-12/h2-9,18H,1H3. The van der Waals surface area contributed by atoms with Gasteiger partial charge in [-0.1, -0.05) is 44.0 Å². The van der Waals surface area contributed by atoms with Crippen LogP contribution in [0.2, 0.25) is 0 Å². The first-order valence-electron chi connectivity index (χ1n) is 5.53. The highest BCUT2D eigenvalue weighted by Crippen LogP contribution is 2.27. The Morgan fingerprint density at radius 1 is 1.11 bits per heavy atom. The smallest absolute Gasteiger partial charge is 0.124 e. The van der Waals surface area contributed by atoms with Crippen LogP contribution in [0, 0.1) is 5.82 Å². The van der Waals surface area contributed by atoms with Crippen molar-refractivity contribution in [1.82, 2.24) is 0 Å².